The van der Waals surface area contributed by atoms with Crippen LogP contribution in [0.4, 0.5) is 10.1 Å². The molecule has 1 amide bonds. The number of nitrogens with zero attached hydrogens (tertiary/aromatic N) is 1. The summed E-state index contributed by atoms with van der Waals surface area (Å²) in [5.74, 6) is -1.56. The Labute approximate surface area is 133 Å². The zero-order valence-corrected chi connectivity index (χ0v) is 12.7. The lowest BCUT2D eigenvalue weighted by Crippen LogP contribution is -2.11. The van der Waals surface area contributed by atoms with Crippen LogP contribution in [0.5, 0.6) is 0 Å². The first-order valence-corrected chi connectivity index (χ1v) is 7.19. The number of anilines is 1. The van der Waals surface area contributed by atoms with E-state index in [9.17, 15) is 14.0 Å². The first kappa shape index (κ1) is 16.6. The van der Waals surface area contributed by atoms with Gasteiger partial charge in [0.25, 0.3) is 0 Å². The number of hydrogen-bond acceptors (Lipinski definition) is 4. The van der Waals surface area contributed by atoms with Gasteiger partial charge in [-0.15, -0.1) is 0 Å². The summed E-state index contributed by atoms with van der Waals surface area (Å²) >= 11 is 0. The Morgan fingerprint density at radius 1 is 1.22 bits per heavy atom. The molecule has 1 N–H and O–H groups in total. The summed E-state index contributed by atoms with van der Waals surface area (Å²) in [6, 6.07) is 7.52. The van der Waals surface area contributed by atoms with Gasteiger partial charge in [-0.3, -0.25) is 9.78 Å². The average Bonchev–Trinajstić information content (AvgIpc) is 2.54. The van der Waals surface area contributed by atoms with Crippen LogP contribution < -0.4 is 5.32 Å². The molecule has 1 aromatic heterocycles. The fourth-order valence-corrected chi connectivity index (χ4v) is 2.01. The highest BCUT2D eigenvalue weighted by atomic mass is 19.1. The molecule has 0 fully saturated rings. The quantitative estimate of drug-likeness (QED) is 0.657. The first-order valence-electron chi connectivity index (χ1n) is 7.19. The number of aromatic nitrogens is 1. The Bertz CT molecular complexity index is 689. The van der Waals surface area contributed by atoms with Crippen molar-refractivity contribution in [3.8, 4) is 0 Å². The number of halogens is 1. The van der Waals surface area contributed by atoms with E-state index in [1.807, 2.05) is 12.1 Å². The van der Waals surface area contributed by atoms with Gasteiger partial charge in [0.15, 0.2) is 0 Å². The number of benzene rings is 1. The summed E-state index contributed by atoms with van der Waals surface area (Å²) < 4.78 is 18.7. The molecule has 2 rings (SSSR count). The van der Waals surface area contributed by atoms with Crippen molar-refractivity contribution < 1.29 is 18.7 Å². The van der Waals surface area contributed by atoms with Crippen LogP contribution in [-0.2, 0) is 16.0 Å². The molecule has 120 valence electrons. The molecule has 0 radical (unpaired) electrons. The van der Waals surface area contributed by atoms with E-state index in [1.54, 1.807) is 12.4 Å². The summed E-state index contributed by atoms with van der Waals surface area (Å²) in [5, 5.41) is 2.33. The van der Waals surface area contributed by atoms with E-state index in [4.69, 9.17) is 4.74 Å². The maximum Gasteiger partial charge on any atom is 0.338 e. The van der Waals surface area contributed by atoms with Gasteiger partial charge in [-0.25, -0.2) is 9.18 Å². The number of pyridine rings is 1. The third kappa shape index (κ3) is 5.18. The van der Waals surface area contributed by atoms with Gasteiger partial charge in [0.1, 0.15) is 5.82 Å². The molecule has 0 aliphatic carbocycles. The van der Waals surface area contributed by atoms with E-state index >= 15 is 0 Å². The van der Waals surface area contributed by atoms with E-state index in [-0.39, 0.29) is 17.9 Å². The molecule has 0 bridgehead atoms. The molecule has 6 heteroatoms. The fourth-order valence-electron chi connectivity index (χ4n) is 2.01. The SMILES string of the molecule is CC(=O)Nc1cc(C(=O)OCCCc2ccncc2)ccc1F. The van der Waals surface area contributed by atoms with Gasteiger partial charge in [-0.2, -0.15) is 0 Å². The average molecular weight is 316 g/mol. The first-order chi connectivity index (χ1) is 11.1. The van der Waals surface area contributed by atoms with Gasteiger partial charge in [-0.05, 0) is 48.7 Å². The number of amides is 1. The number of nitrogens with one attached hydrogen (secondary N) is 1. The number of carbonyl (C=O) groups excluding carboxylic acids is 2. The number of ether oxygens (including phenoxy) is 1. The topological polar surface area (TPSA) is 68.3 Å². The van der Waals surface area contributed by atoms with Crippen LogP contribution in [-0.4, -0.2) is 23.5 Å². The molecule has 23 heavy (non-hydrogen) atoms. The van der Waals surface area contributed by atoms with Gasteiger partial charge in [0.05, 0.1) is 17.9 Å². The monoisotopic (exact) mass is 316 g/mol. The Morgan fingerprint density at radius 3 is 2.65 bits per heavy atom. The lowest BCUT2D eigenvalue weighted by molar-refractivity contribution is -0.114. The number of carbonyl (C=O) groups is 2. The number of hydrogen-bond donors (Lipinski definition) is 1. The second-order valence-corrected chi connectivity index (χ2v) is 4.97. The Morgan fingerprint density at radius 2 is 1.96 bits per heavy atom. The lowest BCUT2D eigenvalue weighted by atomic mass is 10.1. The summed E-state index contributed by atoms with van der Waals surface area (Å²) in [4.78, 5) is 26.9. The van der Waals surface area contributed by atoms with E-state index in [1.165, 1.54) is 19.1 Å². The molecule has 0 aliphatic rings. The van der Waals surface area contributed by atoms with Crippen molar-refractivity contribution in [1.29, 1.82) is 0 Å². The van der Waals surface area contributed by atoms with Crippen molar-refractivity contribution in [2.45, 2.75) is 19.8 Å². The van der Waals surface area contributed by atoms with Gasteiger partial charge < -0.3 is 10.1 Å². The third-order valence-corrected chi connectivity index (χ3v) is 3.11. The van der Waals surface area contributed by atoms with Crippen LogP contribution in [0.25, 0.3) is 0 Å². The van der Waals surface area contributed by atoms with Crippen LogP contribution in [0, 0.1) is 5.82 Å². The fraction of sp³-hybridized carbons (Fsp3) is 0.235. The predicted molar refractivity (Wildman–Crippen MR) is 83.5 cm³/mol. The second-order valence-electron chi connectivity index (χ2n) is 4.97. The zero-order valence-electron chi connectivity index (χ0n) is 12.7. The van der Waals surface area contributed by atoms with Crippen LogP contribution in [0.15, 0.2) is 42.7 Å². The Hall–Kier alpha value is -2.76. The molecule has 2 aromatic rings. The maximum absolute atomic E-state index is 13.5. The second kappa shape index (κ2) is 8.03. The molecule has 5 nitrogen and oxygen atoms in total. The van der Waals surface area contributed by atoms with Gasteiger partial charge in [0.2, 0.25) is 5.91 Å². The molecule has 0 unspecified atom stereocenters. The maximum atomic E-state index is 13.5. The highest BCUT2D eigenvalue weighted by molar-refractivity contribution is 5.93. The third-order valence-electron chi connectivity index (χ3n) is 3.11. The van der Waals surface area contributed by atoms with Crippen molar-refractivity contribution in [2.75, 3.05) is 11.9 Å². The van der Waals surface area contributed by atoms with E-state index in [0.29, 0.717) is 6.42 Å². The van der Waals surface area contributed by atoms with Crippen molar-refractivity contribution in [2.24, 2.45) is 0 Å². The molecule has 1 heterocycles. The van der Waals surface area contributed by atoms with Crippen LogP contribution >= 0.6 is 0 Å². The van der Waals surface area contributed by atoms with Crippen LogP contribution in [0.3, 0.4) is 0 Å². The summed E-state index contributed by atoms with van der Waals surface area (Å²) in [5.41, 5.74) is 1.27. The van der Waals surface area contributed by atoms with Crippen molar-refractivity contribution in [3.63, 3.8) is 0 Å². The molecule has 0 aliphatic heterocycles. The van der Waals surface area contributed by atoms with Crippen molar-refractivity contribution in [1.82, 2.24) is 4.98 Å². The summed E-state index contributed by atoms with van der Waals surface area (Å²) in [7, 11) is 0. The van der Waals surface area contributed by atoms with Crippen molar-refractivity contribution >= 4 is 17.6 Å². The molecule has 0 saturated heterocycles. The molecule has 0 spiro atoms. The van der Waals surface area contributed by atoms with E-state index < -0.39 is 17.7 Å². The molecule has 0 atom stereocenters. The van der Waals surface area contributed by atoms with Gasteiger partial charge in [0, 0.05) is 19.3 Å². The van der Waals surface area contributed by atoms with E-state index in [0.717, 1.165) is 18.1 Å². The van der Waals surface area contributed by atoms with Gasteiger partial charge >= 0.3 is 5.97 Å². The highest BCUT2D eigenvalue weighted by Gasteiger charge is 2.11. The van der Waals surface area contributed by atoms with Crippen molar-refractivity contribution in [3.05, 3.63) is 59.7 Å². The summed E-state index contributed by atoms with van der Waals surface area (Å²) in [6.07, 6.45) is 4.87. The predicted octanol–water partition coefficient (Wildman–Crippen LogP) is 2.97. The highest BCUT2D eigenvalue weighted by Crippen LogP contribution is 2.17. The minimum absolute atomic E-state index is 0.0382. The molecular formula is C17H17FN2O3. The van der Waals surface area contributed by atoms with E-state index in [2.05, 4.69) is 10.3 Å². The summed E-state index contributed by atoms with van der Waals surface area (Å²) in [6.45, 7) is 1.53. The Balaban J connectivity index is 1.87. The molecule has 0 saturated carbocycles. The number of aryl methyl sites for hydroxylation is 1. The Kier molecular flexibility index (Phi) is 5.80. The largest absolute Gasteiger partial charge is 0.462 e. The molecular weight excluding hydrogens is 299 g/mol. The normalized spacial score (nSPS) is 10.2. The molecule has 1 aromatic carbocycles. The zero-order chi connectivity index (χ0) is 16.7. The minimum atomic E-state index is -0.602. The van der Waals surface area contributed by atoms with Crippen LogP contribution in [0.1, 0.15) is 29.3 Å². The minimum Gasteiger partial charge on any atom is -0.462 e. The standard InChI is InChI=1S/C17H17FN2O3/c1-12(21)20-16-11-14(4-5-15(16)18)17(22)23-10-2-3-13-6-8-19-9-7-13/h4-9,11H,2-3,10H2,1H3,(H,20,21). The van der Waals surface area contributed by atoms with Crippen LogP contribution in [0.2, 0.25) is 0 Å². The number of rotatable bonds is 6. The number of esters is 1. The van der Waals surface area contributed by atoms with Gasteiger partial charge in [-0.1, -0.05) is 0 Å². The smallest absolute Gasteiger partial charge is 0.338 e. The lowest BCUT2D eigenvalue weighted by Gasteiger charge is -2.08.